The summed E-state index contributed by atoms with van der Waals surface area (Å²) in [6.45, 7) is 1.77. The van der Waals surface area contributed by atoms with Gasteiger partial charge in [-0.2, -0.15) is 0 Å². The van der Waals surface area contributed by atoms with E-state index in [1.807, 2.05) is 24.3 Å². The zero-order valence-electron chi connectivity index (χ0n) is 22.3. The van der Waals surface area contributed by atoms with Gasteiger partial charge in [0, 0.05) is 31.2 Å². The molecule has 6 nitrogen and oxygen atoms in total. The number of rotatable bonds is 8. The molecule has 2 atom stereocenters. The van der Waals surface area contributed by atoms with E-state index >= 15 is 0 Å². The molecule has 7 heteroatoms. The fraction of sp³-hybridized carbons (Fsp3) is 0.419. The molecule has 3 aromatic carbocycles. The first kappa shape index (κ1) is 26.6. The summed E-state index contributed by atoms with van der Waals surface area (Å²) < 4.78 is 40.5. The minimum Gasteiger partial charge on any atom is -0.497 e. The van der Waals surface area contributed by atoms with E-state index in [1.54, 1.807) is 42.8 Å². The van der Waals surface area contributed by atoms with E-state index in [9.17, 15) is 8.42 Å². The molecule has 2 unspecified atom stereocenters. The maximum atomic E-state index is 14.1. The number of anilines is 1. The van der Waals surface area contributed by atoms with Gasteiger partial charge in [0.2, 0.25) is 0 Å². The molecular weight excluding hydrogens is 496 g/mol. The molecule has 0 bridgehead atoms. The van der Waals surface area contributed by atoms with Crippen LogP contribution < -0.4 is 13.8 Å². The van der Waals surface area contributed by atoms with E-state index in [-0.39, 0.29) is 10.9 Å². The molecule has 3 aromatic rings. The smallest absolute Gasteiger partial charge is 0.264 e. The highest BCUT2D eigenvalue weighted by Gasteiger charge is 2.38. The zero-order chi connectivity index (χ0) is 26.5. The Morgan fingerprint density at radius 3 is 2.13 bits per heavy atom. The lowest BCUT2D eigenvalue weighted by molar-refractivity contribution is 0.107. The van der Waals surface area contributed by atoms with Gasteiger partial charge in [-0.25, -0.2) is 8.42 Å². The maximum absolute atomic E-state index is 14.1. The minimum atomic E-state index is -3.80. The Morgan fingerprint density at radius 1 is 0.763 bits per heavy atom. The summed E-state index contributed by atoms with van der Waals surface area (Å²) in [7, 11) is -0.614. The third-order valence-corrected chi connectivity index (χ3v) is 10.1. The summed E-state index contributed by atoms with van der Waals surface area (Å²) in [5, 5.41) is 0. The van der Waals surface area contributed by atoms with E-state index in [2.05, 4.69) is 35.2 Å². The van der Waals surface area contributed by atoms with Gasteiger partial charge in [0.15, 0.2) is 0 Å². The quantitative estimate of drug-likeness (QED) is 0.350. The second-order valence-corrected chi connectivity index (χ2v) is 12.1. The third kappa shape index (κ3) is 5.54. The van der Waals surface area contributed by atoms with Gasteiger partial charge in [-0.05, 0) is 73.6 Å². The lowest BCUT2D eigenvalue weighted by atomic mass is 9.78. The molecule has 0 N–H and O–H groups in total. The molecule has 202 valence electrons. The van der Waals surface area contributed by atoms with Crippen molar-refractivity contribution >= 4 is 15.7 Å². The first-order chi connectivity index (χ1) is 18.5. The van der Waals surface area contributed by atoms with Crippen molar-refractivity contribution in [3.05, 3.63) is 84.4 Å². The lowest BCUT2D eigenvalue weighted by Gasteiger charge is -2.45. The molecule has 0 aromatic heterocycles. The second kappa shape index (κ2) is 11.8. The molecule has 38 heavy (non-hydrogen) atoms. The van der Waals surface area contributed by atoms with E-state index in [4.69, 9.17) is 9.47 Å². The van der Waals surface area contributed by atoms with Gasteiger partial charge >= 0.3 is 0 Å². The van der Waals surface area contributed by atoms with Crippen LogP contribution in [0.1, 0.15) is 50.0 Å². The topological polar surface area (TPSA) is 59.1 Å². The van der Waals surface area contributed by atoms with Gasteiger partial charge in [0.05, 0.1) is 24.8 Å². The summed E-state index contributed by atoms with van der Waals surface area (Å²) in [4.78, 5) is 2.89. The Labute approximate surface area is 227 Å². The van der Waals surface area contributed by atoms with Crippen LogP contribution in [0.4, 0.5) is 5.69 Å². The number of piperidine rings is 1. The van der Waals surface area contributed by atoms with Gasteiger partial charge in [0.1, 0.15) is 11.5 Å². The highest BCUT2D eigenvalue weighted by molar-refractivity contribution is 7.92. The number of hydrogen-bond donors (Lipinski definition) is 0. The number of methoxy groups -OCH3 is 2. The third-order valence-electron chi connectivity index (χ3n) is 8.18. The van der Waals surface area contributed by atoms with Crippen LogP contribution in [0.25, 0.3) is 0 Å². The summed E-state index contributed by atoms with van der Waals surface area (Å²) in [5.41, 5.74) is 2.07. The Morgan fingerprint density at radius 2 is 1.45 bits per heavy atom. The number of nitrogens with zero attached hydrogens (tertiary/aromatic N) is 2. The first-order valence-corrected chi connectivity index (χ1v) is 15.1. The molecule has 1 aliphatic heterocycles. The first-order valence-electron chi connectivity index (χ1n) is 13.6. The Kier molecular flexibility index (Phi) is 8.24. The predicted octanol–water partition coefficient (Wildman–Crippen LogP) is 6.09. The number of sulfonamides is 1. The minimum absolute atomic E-state index is 0.135. The fourth-order valence-corrected chi connectivity index (χ4v) is 7.95. The van der Waals surface area contributed by atoms with Crippen LogP contribution in [0, 0.1) is 0 Å². The Balaban J connectivity index is 1.40. The van der Waals surface area contributed by atoms with Gasteiger partial charge in [-0.15, -0.1) is 0 Å². The zero-order valence-corrected chi connectivity index (χ0v) is 23.1. The van der Waals surface area contributed by atoms with E-state index in [0.29, 0.717) is 29.1 Å². The maximum Gasteiger partial charge on any atom is 0.264 e. The van der Waals surface area contributed by atoms with Crippen LogP contribution >= 0.6 is 0 Å². The molecule has 1 heterocycles. The summed E-state index contributed by atoms with van der Waals surface area (Å²) in [5.74, 6) is 1.81. The summed E-state index contributed by atoms with van der Waals surface area (Å²) >= 11 is 0. The Bertz CT molecular complexity index is 1290. The van der Waals surface area contributed by atoms with Crippen molar-refractivity contribution in [1.29, 1.82) is 0 Å². The van der Waals surface area contributed by atoms with Crippen molar-refractivity contribution in [2.45, 2.75) is 61.4 Å². The fourth-order valence-electron chi connectivity index (χ4n) is 6.24. The normalized spacial score (nSPS) is 21.1. The molecule has 2 aliphatic rings. The Hall–Kier alpha value is -3.03. The predicted molar refractivity (Wildman–Crippen MR) is 152 cm³/mol. The number of hydrogen-bond acceptors (Lipinski definition) is 5. The monoisotopic (exact) mass is 534 g/mol. The van der Waals surface area contributed by atoms with Crippen molar-refractivity contribution in [2.75, 3.05) is 31.6 Å². The molecule has 0 radical (unpaired) electrons. The van der Waals surface area contributed by atoms with Gasteiger partial charge in [0.25, 0.3) is 10.0 Å². The van der Waals surface area contributed by atoms with Crippen LogP contribution in [0.15, 0.2) is 83.8 Å². The van der Waals surface area contributed by atoms with Crippen molar-refractivity contribution < 1.29 is 17.9 Å². The molecule has 1 saturated carbocycles. The van der Waals surface area contributed by atoms with Crippen LogP contribution in [0.2, 0.25) is 0 Å². The molecular formula is C31H38N2O4S. The SMILES string of the molecule is COc1ccc(S(=O)(=O)N(c2cccc(OC)c2)C2CCN(C3CCCCC3c3ccccc3)CC2)cc1. The summed E-state index contributed by atoms with van der Waals surface area (Å²) in [6, 6.07) is 25.3. The number of ether oxygens (including phenoxy) is 2. The number of likely N-dealkylation sites (tertiary alicyclic amines) is 1. The van der Waals surface area contributed by atoms with Gasteiger partial charge in [-0.1, -0.05) is 49.2 Å². The van der Waals surface area contributed by atoms with Crippen molar-refractivity contribution in [1.82, 2.24) is 4.90 Å². The van der Waals surface area contributed by atoms with Crippen LogP contribution in [0.5, 0.6) is 11.5 Å². The van der Waals surface area contributed by atoms with Crippen molar-refractivity contribution in [2.24, 2.45) is 0 Å². The van der Waals surface area contributed by atoms with Gasteiger partial charge < -0.3 is 9.47 Å². The average Bonchev–Trinajstić information content (AvgIpc) is 2.98. The molecule has 5 rings (SSSR count). The molecule has 1 saturated heterocycles. The highest BCUT2D eigenvalue weighted by atomic mass is 32.2. The van der Waals surface area contributed by atoms with Crippen LogP contribution in [-0.2, 0) is 10.0 Å². The van der Waals surface area contributed by atoms with E-state index in [0.717, 1.165) is 25.9 Å². The summed E-state index contributed by atoms with van der Waals surface area (Å²) in [6.07, 6.45) is 6.52. The standard InChI is InChI=1S/C31H38N2O4S/c1-36-27-15-17-29(18-16-27)38(34,35)33(26-11-8-12-28(23-26)37-2)25-19-21-32(22-20-25)31-14-7-6-13-30(31)24-9-4-3-5-10-24/h3-5,8-12,15-18,23,25,30-31H,6-7,13-14,19-22H2,1-2H3. The van der Waals surface area contributed by atoms with Gasteiger partial charge in [-0.3, -0.25) is 9.21 Å². The van der Waals surface area contributed by atoms with Crippen LogP contribution in [-0.4, -0.2) is 52.7 Å². The number of benzene rings is 3. The van der Waals surface area contributed by atoms with E-state index in [1.165, 1.54) is 31.2 Å². The van der Waals surface area contributed by atoms with Crippen molar-refractivity contribution in [3.63, 3.8) is 0 Å². The molecule has 0 spiro atoms. The second-order valence-electron chi connectivity index (χ2n) is 10.3. The average molecular weight is 535 g/mol. The largest absolute Gasteiger partial charge is 0.497 e. The molecule has 1 aliphatic carbocycles. The molecule has 0 amide bonds. The molecule has 2 fully saturated rings. The van der Waals surface area contributed by atoms with Crippen molar-refractivity contribution in [3.8, 4) is 11.5 Å². The van der Waals surface area contributed by atoms with E-state index < -0.39 is 10.0 Å². The lowest BCUT2D eigenvalue weighted by Crippen LogP contribution is -2.51. The highest BCUT2D eigenvalue weighted by Crippen LogP contribution is 2.39. The van der Waals surface area contributed by atoms with Crippen LogP contribution in [0.3, 0.4) is 0 Å².